The zero-order valence-corrected chi connectivity index (χ0v) is 13.0. The van der Waals surface area contributed by atoms with E-state index in [1.54, 1.807) is 13.2 Å². The van der Waals surface area contributed by atoms with Crippen molar-refractivity contribution in [2.75, 3.05) is 20.0 Å². The van der Waals surface area contributed by atoms with E-state index in [2.05, 4.69) is 10.1 Å². The molecule has 0 amide bonds. The van der Waals surface area contributed by atoms with Crippen molar-refractivity contribution in [2.24, 2.45) is 0 Å². The van der Waals surface area contributed by atoms with E-state index in [-0.39, 0.29) is 0 Å². The van der Waals surface area contributed by atoms with E-state index in [1.807, 2.05) is 6.26 Å². The van der Waals surface area contributed by atoms with Gasteiger partial charge in [0.2, 0.25) is 0 Å². The van der Waals surface area contributed by atoms with Gasteiger partial charge < -0.3 is 4.74 Å². The summed E-state index contributed by atoms with van der Waals surface area (Å²) < 4.78 is 45.0. The fourth-order valence-corrected chi connectivity index (χ4v) is 2.38. The summed E-state index contributed by atoms with van der Waals surface area (Å²) in [5, 5.41) is 4.30. The van der Waals surface area contributed by atoms with Crippen LogP contribution in [0.4, 0.5) is 13.2 Å². The van der Waals surface area contributed by atoms with Gasteiger partial charge in [-0.05, 0) is 24.5 Å². The maximum absolute atomic E-state index is 12.8. The van der Waals surface area contributed by atoms with E-state index in [1.165, 1.54) is 22.5 Å². The van der Waals surface area contributed by atoms with Gasteiger partial charge in [-0.25, -0.2) is 9.67 Å². The maximum Gasteiger partial charge on any atom is 0.416 e. The van der Waals surface area contributed by atoms with Gasteiger partial charge in [0.1, 0.15) is 5.82 Å². The first-order valence-corrected chi connectivity index (χ1v) is 7.95. The Bertz CT molecular complexity index is 628. The zero-order valence-electron chi connectivity index (χ0n) is 12.2. The SMILES string of the molecule is COCCc1nc(CSC)n(-c2cccc(C(F)(F)F)c2)n1. The first-order valence-electron chi connectivity index (χ1n) is 6.56. The van der Waals surface area contributed by atoms with Crippen molar-refractivity contribution >= 4 is 11.8 Å². The molecule has 2 rings (SSSR count). The Morgan fingerprint density at radius 2 is 2.09 bits per heavy atom. The van der Waals surface area contributed by atoms with E-state index in [9.17, 15) is 13.2 Å². The highest BCUT2D eigenvalue weighted by molar-refractivity contribution is 7.97. The maximum atomic E-state index is 12.8. The molecule has 0 saturated heterocycles. The van der Waals surface area contributed by atoms with Crippen LogP contribution in [0.25, 0.3) is 5.69 Å². The van der Waals surface area contributed by atoms with Crippen molar-refractivity contribution in [2.45, 2.75) is 18.3 Å². The molecule has 0 saturated carbocycles. The van der Waals surface area contributed by atoms with Crippen molar-refractivity contribution < 1.29 is 17.9 Å². The molecule has 22 heavy (non-hydrogen) atoms. The molecule has 0 aliphatic heterocycles. The predicted molar refractivity (Wildman–Crippen MR) is 79.2 cm³/mol. The van der Waals surface area contributed by atoms with Gasteiger partial charge in [-0.1, -0.05) is 6.07 Å². The highest BCUT2D eigenvalue weighted by atomic mass is 32.2. The summed E-state index contributed by atoms with van der Waals surface area (Å²) in [6.07, 6.45) is -1.96. The number of benzene rings is 1. The van der Waals surface area contributed by atoms with Crippen LogP contribution in [-0.4, -0.2) is 34.7 Å². The number of alkyl halides is 3. The second kappa shape index (κ2) is 7.15. The van der Waals surface area contributed by atoms with Crippen molar-refractivity contribution in [3.8, 4) is 5.69 Å². The van der Waals surface area contributed by atoms with Gasteiger partial charge in [0.05, 0.1) is 23.6 Å². The van der Waals surface area contributed by atoms with Gasteiger partial charge in [-0.15, -0.1) is 0 Å². The summed E-state index contributed by atoms with van der Waals surface area (Å²) in [6.45, 7) is 0.464. The summed E-state index contributed by atoms with van der Waals surface area (Å²) in [5.74, 6) is 1.75. The second-order valence-corrected chi connectivity index (χ2v) is 5.45. The Labute approximate surface area is 130 Å². The molecular formula is C14H16F3N3OS. The summed E-state index contributed by atoms with van der Waals surface area (Å²) in [5.41, 5.74) is -0.343. The van der Waals surface area contributed by atoms with Crippen LogP contribution >= 0.6 is 11.8 Å². The van der Waals surface area contributed by atoms with Crippen molar-refractivity contribution in [1.29, 1.82) is 0 Å². The Kier molecular flexibility index (Phi) is 5.47. The van der Waals surface area contributed by atoms with Gasteiger partial charge in [0, 0.05) is 13.5 Å². The molecule has 1 heterocycles. The predicted octanol–water partition coefficient (Wildman–Crippen LogP) is 3.34. The van der Waals surface area contributed by atoms with Crippen LogP contribution in [-0.2, 0) is 23.1 Å². The monoisotopic (exact) mass is 331 g/mol. The molecule has 1 aromatic heterocycles. The third-order valence-electron chi connectivity index (χ3n) is 2.94. The molecule has 0 unspecified atom stereocenters. The lowest BCUT2D eigenvalue weighted by atomic mass is 10.2. The first-order chi connectivity index (χ1) is 10.5. The van der Waals surface area contributed by atoms with Gasteiger partial charge in [0.25, 0.3) is 0 Å². The molecule has 0 aliphatic carbocycles. The van der Waals surface area contributed by atoms with Gasteiger partial charge in [-0.2, -0.15) is 30.0 Å². The van der Waals surface area contributed by atoms with Crippen LogP contribution in [0.3, 0.4) is 0 Å². The molecule has 0 spiro atoms. The topological polar surface area (TPSA) is 39.9 Å². The number of halogens is 3. The molecule has 0 fully saturated rings. The van der Waals surface area contributed by atoms with E-state index in [0.717, 1.165) is 12.1 Å². The average Bonchev–Trinajstić information content (AvgIpc) is 2.88. The largest absolute Gasteiger partial charge is 0.416 e. The first kappa shape index (κ1) is 16.8. The highest BCUT2D eigenvalue weighted by Crippen LogP contribution is 2.30. The van der Waals surface area contributed by atoms with Crippen LogP contribution < -0.4 is 0 Å². The summed E-state index contributed by atoms with van der Waals surface area (Å²) in [6, 6.07) is 5.09. The van der Waals surface area contributed by atoms with Gasteiger partial charge >= 0.3 is 6.18 Å². The fraction of sp³-hybridized carbons (Fsp3) is 0.429. The molecule has 0 radical (unpaired) electrons. The molecule has 0 atom stereocenters. The lowest BCUT2D eigenvalue weighted by Crippen LogP contribution is -2.08. The highest BCUT2D eigenvalue weighted by Gasteiger charge is 2.30. The standard InChI is InChI=1S/C14H16F3N3OS/c1-21-7-6-12-18-13(9-22-2)20(19-12)11-5-3-4-10(8-11)14(15,16)17/h3-5,8H,6-7,9H2,1-2H3. The number of aromatic nitrogens is 3. The van der Waals surface area contributed by atoms with Gasteiger partial charge in [0.15, 0.2) is 5.82 Å². The molecule has 0 N–H and O–H groups in total. The molecule has 2 aromatic rings. The quantitative estimate of drug-likeness (QED) is 0.814. The molecular weight excluding hydrogens is 315 g/mol. The van der Waals surface area contributed by atoms with E-state index >= 15 is 0 Å². The smallest absolute Gasteiger partial charge is 0.384 e. The van der Waals surface area contributed by atoms with Crippen molar-refractivity contribution in [3.05, 3.63) is 41.5 Å². The third-order valence-corrected chi connectivity index (χ3v) is 3.49. The summed E-state index contributed by atoms with van der Waals surface area (Å²) in [4.78, 5) is 4.38. The fourth-order valence-electron chi connectivity index (χ4n) is 1.93. The summed E-state index contributed by atoms with van der Waals surface area (Å²) in [7, 11) is 1.58. The van der Waals surface area contributed by atoms with E-state index < -0.39 is 11.7 Å². The Morgan fingerprint density at radius 3 is 2.73 bits per heavy atom. The number of ether oxygens (including phenoxy) is 1. The Morgan fingerprint density at radius 1 is 1.32 bits per heavy atom. The minimum absolute atomic E-state index is 0.357. The molecule has 8 heteroatoms. The minimum atomic E-state index is -4.38. The molecule has 4 nitrogen and oxygen atoms in total. The number of thioether (sulfide) groups is 1. The van der Waals surface area contributed by atoms with Crippen molar-refractivity contribution in [3.63, 3.8) is 0 Å². The zero-order chi connectivity index (χ0) is 16.2. The second-order valence-electron chi connectivity index (χ2n) is 4.58. The van der Waals surface area contributed by atoms with Crippen molar-refractivity contribution in [1.82, 2.24) is 14.8 Å². The Hall–Kier alpha value is -1.54. The molecule has 0 aliphatic rings. The number of methoxy groups -OCH3 is 1. The molecule has 120 valence electrons. The van der Waals surface area contributed by atoms with E-state index in [4.69, 9.17) is 4.74 Å². The van der Waals surface area contributed by atoms with E-state index in [0.29, 0.717) is 36.1 Å². The van der Waals surface area contributed by atoms with Crippen LogP contribution in [0.5, 0.6) is 0 Å². The Balaban J connectivity index is 2.39. The third kappa shape index (κ3) is 4.01. The number of hydrogen-bond donors (Lipinski definition) is 0. The van der Waals surface area contributed by atoms with Crippen LogP contribution in [0.15, 0.2) is 24.3 Å². The number of rotatable bonds is 6. The van der Waals surface area contributed by atoms with Gasteiger partial charge in [-0.3, -0.25) is 0 Å². The number of hydrogen-bond acceptors (Lipinski definition) is 4. The molecule has 1 aromatic carbocycles. The average molecular weight is 331 g/mol. The molecule has 0 bridgehead atoms. The van der Waals surface area contributed by atoms with Crippen LogP contribution in [0.1, 0.15) is 17.2 Å². The minimum Gasteiger partial charge on any atom is -0.384 e. The number of nitrogens with zero attached hydrogens (tertiary/aromatic N) is 3. The van der Waals surface area contributed by atoms with Crippen LogP contribution in [0, 0.1) is 0 Å². The lowest BCUT2D eigenvalue weighted by molar-refractivity contribution is -0.137. The van der Waals surface area contributed by atoms with Crippen LogP contribution in [0.2, 0.25) is 0 Å². The summed E-state index contributed by atoms with van der Waals surface area (Å²) >= 11 is 1.53. The normalized spacial score (nSPS) is 11.9. The lowest BCUT2D eigenvalue weighted by Gasteiger charge is -2.09.